The highest BCUT2D eigenvalue weighted by molar-refractivity contribution is 6.31. The highest BCUT2D eigenvalue weighted by atomic mass is 35.5. The van der Waals surface area contributed by atoms with Gasteiger partial charge in [-0.3, -0.25) is 0 Å². The SMILES string of the molecule is CCOc1nc(N2C[C@H]3CN(C)CC[C@H]3C2)ncc1Cl. The minimum Gasteiger partial charge on any atom is -0.477 e. The Hall–Kier alpha value is -1.07. The molecule has 2 saturated heterocycles. The maximum Gasteiger partial charge on any atom is 0.237 e. The summed E-state index contributed by atoms with van der Waals surface area (Å²) in [5, 5.41) is 0.479. The summed E-state index contributed by atoms with van der Waals surface area (Å²) in [6.07, 6.45) is 2.91. The van der Waals surface area contributed by atoms with Crippen molar-refractivity contribution in [3.8, 4) is 5.88 Å². The number of likely N-dealkylation sites (tertiary alicyclic amines) is 1. The van der Waals surface area contributed by atoms with Crippen molar-refractivity contribution >= 4 is 17.5 Å². The Balaban J connectivity index is 1.75. The van der Waals surface area contributed by atoms with Gasteiger partial charge in [0, 0.05) is 19.6 Å². The second kappa shape index (κ2) is 5.74. The molecular weight excluding hydrogens is 276 g/mol. The molecule has 0 amide bonds. The van der Waals surface area contributed by atoms with Crippen molar-refractivity contribution in [3.05, 3.63) is 11.2 Å². The quantitative estimate of drug-likeness (QED) is 0.852. The van der Waals surface area contributed by atoms with Crippen LogP contribution in [0.2, 0.25) is 5.02 Å². The summed E-state index contributed by atoms with van der Waals surface area (Å²) in [5.41, 5.74) is 0. The van der Waals surface area contributed by atoms with Gasteiger partial charge >= 0.3 is 0 Å². The van der Waals surface area contributed by atoms with Crippen LogP contribution in [0.4, 0.5) is 5.95 Å². The molecular formula is C14H21ClN4O. The lowest BCUT2D eigenvalue weighted by Crippen LogP contribution is -2.37. The van der Waals surface area contributed by atoms with E-state index in [1.807, 2.05) is 6.92 Å². The van der Waals surface area contributed by atoms with Gasteiger partial charge in [-0.25, -0.2) is 4.98 Å². The number of halogens is 1. The summed E-state index contributed by atoms with van der Waals surface area (Å²) in [6.45, 7) is 6.94. The number of piperidine rings is 1. The third-order valence-electron chi connectivity index (χ3n) is 4.27. The van der Waals surface area contributed by atoms with Crippen molar-refractivity contribution in [2.24, 2.45) is 11.8 Å². The van der Waals surface area contributed by atoms with Crippen LogP contribution in [0.1, 0.15) is 13.3 Å². The number of aromatic nitrogens is 2. The van der Waals surface area contributed by atoms with Crippen molar-refractivity contribution in [2.75, 3.05) is 44.7 Å². The fraction of sp³-hybridized carbons (Fsp3) is 0.714. The zero-order chi connectivity index (χ0) is 14.1. The van der Waals surface area contributed by atoms with E-state index in [1.54, 1.807) is 6.20 Å². The predicted octanol–water partition coefficient (Wildman–Crippen LogP) is 1.92. The molecule has 1 aromatic heterocycles. The average molecular weight is 297 g/mol. The first kappa shape index (κ1) is 13.9. The Morgan fingerprint density at radius 1 is 1.35 bits per heavy atom. The summed E-state index contributed by atoms with van der Waals surface area (Å²) in [5.74, 6) is 2.73. The number of fused-ring (bicyclic) bond motifs is 1. The number of hydrogen-bond donors (Lipinski definition) is 0. The van der Waals surface area contributed by atoms with Gasteiger partial charge in [0.25, 0.3) is 0 Å². The zero-order valence-corrected chi connectivity index (χ0v) is 12.8. The topological polar surface area (TPSA) is 41.5 Å². The lowest BCUT2D eigenvalue weighted by Gasteiger charge is -2.31. The fourth-order valence-electron chi connectivity index (χ4n) is 3.25. The van der Waals surface area contributed by atoms with E-state index in [-0.39, 0.29) is 0 Å². The molecule has 2 aliphatic rings. The second-order valence-corrected chi connectivity index (χ2v) is 6.14. The summed E-state index contributed by atoms with van der Waals surface area (Å²) in [4.78, 5) is 13.5. The molecule has 0 aliphatic carbocycles. The third-order valence-corrected chi connectivity index (χ3v) is 4.53. The molecule has 3 rings (SSSR count). The van der Waals surface area contributed by atoms with Crippen molar-refractivity contribution in [1.82, 2.24) is 14.9 Å². The van der Waals surface area contributed by atoms with Crippen molar-refractivity contribution < 1.29 is 4.74 Å². The molecule has 2 atom stereocenters. The predicted molar refractivity (Wildman–Crippen MR) is 79.5 cm³/mol. The van der Waals surface area contributed by atoms with Crippen LogP contribution < -0.4 is 9.64 Å². The molecule has 3 heterocycles. The lowest BCUT2D eigenvalue weighted by molar-refractivity contribution is 0.178. The number of nitrogens with zero attached hydrogens (tertiary/aromatic N) is 4. The Kier molecular flexibility index (Phi) is 3.98. The minimum atomic E-state index is 0.479. The summed E-state index contributed by atoms with van der Waals surface area (Å²) in [6, 6.07) is 0. The molecule has 1 aromatic rings. The Bertz CT molecular complexity index is 484. The van der Waals surface area contributed by atoms with E-state index in [2.05, 4.69) is 26.8 Å². The molecule has 0 saturated carbocycles. The van der Waals surface area contributed by atoms with Gasteiger partial charge in [0.05, 0.1) is 12.8 Å². The van der Waals surface area contributed by atoms with Crippen LogP contribution in [-0.2, 0) is 0 Å². The van der Waals surface area contributed by atoms with Crippen LogP contribution >= 0.6 is 11.6 Å². The van der Waals surface area contributed by atoms with E-state index in [1.165, 1.54) is 19.5 Å². The minimum absolute atomic E-state index is 0.479. The summed E-state index contributed by atoms with van der Waals surface area (Å²) >= 11 is 6.05. The lowest BCUT2D eigenvalue weighted by atomic mass is 9.89. The molecule has 6 heteroatoms. The number of ether oxygens (including phenoxy) is 1. The second-order valence-electron chi connectivity index (χ2n) is 5.73. The van der Waals surface area contributed by atoms with Crippen molar-refractivity contribution in [3.63, 3.8) is 0 Å². The largest absolute Gasteiger partial charge is 0.477 e. The van der Waals surface area contributed by atoms with Gasteiger partial charge in [0.2, 0.25) is 11.8 Å². The highest BCUT2D eigenvalue weighted by Gasteiger charge is 2.37. The molecule has 0 N–H and O–H groups in total. The van der Waals surface area contributed by atoms with E-state index >= 15 is 0 Å². The maximum absolute atomic E-state index is 6.05. The molecule has 2 aliphatic heterocycles. The van der Waals surface area contributed by atoms with Gasteiger partial charge in [-0.15, -0.1) is 0 Å². The first-order chi connectivity index (χ1) is 9.67. The summed E-state index contributed by atoms with van der Waals surface area (Å²) in [7, 11) is 2.20. The maximum atomic E-state index is 6.05. The van der Waals surface area contributed by atoms with Gasteiger partial charge in [-0.1, -0.05) is 11.6 Å². The van der Waals surface area contributed by atoms with Crippen LogP contribution in [0.25, 0.3) is 0 Å². The standard InChI is InChI=1S/C14H21ClN4O/c1-3-20-13-12(15)6-16-14(17-13)19-8-10-4-5-18(2)7-11(10)9-19/h6,10-11H,3-5,7-9H2,1-2H3/t10-,11+/m0/s1. The van der Waals surface area contributed by atoms with E-state index in [0.717, 1.165) is 30.9 Å². The highest BCUT2D eigenvalue weighted by Crippen LogP contribution is 2.33. The number of anilines is 1. The average Bonchev–Trinajstić information content (AvgIpc) is 2.84. The van der Waals surface area contributed by atoms with Crippen LogP contribution in [0, 0.1) is 11.8 Å². The summed E-state index contributed by atoms with van der Waals surface area (Å²) < 4.78 is 5.45. The normalized spacial score (nSPS) is 26.6. The Labute approximate surface area is 124 Å². The van der Waals surface area contributed by atoms with Crippen molar-refractivity contribution in [2.45, 2.75) is 13.3 Å². The van der Waals surface area contributed by atoms with Gasteiger partial charge in [-0.2, -0.15) is 4.98 Å². The van der Waals surface area contributed by atoms with Crippen LogP contribution in [0.3, 0.4) is 0 Å². The number of hydrogen-bond acceptors (Lipinski definition) is 5. The van der Waals surface area contributed by atoms with E-state index in [0.29, 0.717) is 17.5 Å². The molecule has 2 fully saturated rings. The molecule has 0 radical (unpaired) electrons. The Morgan fingerprint density at radius 2 is 2.15 bits per heavy atom. The molecule has 0 aromatic carbocycles. The van der Waals surface area contributed by atoms with Gasteiger partial charge in [-0.05, 0) is 38.8 Å². The fourth-order valence-corrected chi connectivity index (χ4v) is 3.39. The molecule has 0 unspecified atom stereocenters. The van der Waals surface area contributed by atoms with E-state index in [9.17, 15) is 0 Å². The Morgan fingerprint density at radius 3 is 2.95 bits per heavy atom. The van der Waals surface area contributed by atoms with Crippen LogP contribution in [-0.4, -0.2) is 54.7 Å². The van der Waals surface area contributed by atoms with E-state index < -0.39 is 0 Å². The molecule has 0 bridgehead atoms. The number of rotatable bonds is 3. The van der Waals surface area contributed by atoms with Crippen LogP contribution in [0.5, 0.6) is 5.88 Å². The molecule has 0 spiro atoms. The molecule has 110 valence electrons. The third kappa shape index (κ3) is 2.69. The van der Waals surface area contributed by atoms with Gasteiger partial charge < -0.3 is 14.5 Å². The first-order valence-corrected chi connectivity index (χ1v) is 7.64. The molecule has 5 nitrogen and oxygen atoms in total. The monoisotopic (exact) mass is 296 g/mol. The molecule has 20 heavy (non-hydrogen) atoms. The zero-order valence-electron chi connectivity index (χ0n) is 12.0. The van der Waals surface area contributed by atoms with Gasteiger partial charge in [0.1, 0.15) is 5.02 Å². The van der Waals surface area contributed by atoms with Crippen molar-refractivity contribution in [1.29, 1.82) is 0 Å². The smallest absolute Gasteiger partial charge is 0.237 e. The first-order valence-electron chi connectivity index (χ1n) is 7.26. The van der Waals surface area contributed by atoms with E-state index in [4.69, 9.17) is 16.3 Å². The van der Waals surface area contributed by atoms with Crippen LogP contribution in [0.15, 0.2) is 6.20 Å². The van der Waals surface area contributed by atoms with Gasteiger partial charge in [0.15, 0.2) is 0 Å².